The number of carbonyl (C=O) groups excluding carboxylic acids is 1. The van der Waals surface area contributed by atoms with Crippen LogP contribution in [0, 0.1) is 10.1 Å². The van der Waals surface area contributed by atoms with Gasteiger partial charge in [-0.15, -0.1) is 0 Å². The molecule has 10 nitrogen and oxygen atoms in total. The highest BCUT2D eigenvalue weighted by Gasteiger charge is 2.19. The van der Waals surface area contributed by atoms with Gasteiger partial charge in [-0.1, -0.05) is 51.9 Å². The van der Waals surface area contributed by atoms with Crippen LogP contribution in [0.4, 0.5) is 11.4 Å². The minimum atomic E-state index is -0.405. The molecule has 0 saturated carbocycles. The number of carbonyl (C=O) groups is 1. The van der Waals surface area contributed by atoms with Gasteiger partial charge in [0.05, 0.1) is 25.7 Å². The number of rotatable bonds is 17. The molecule has 0 bridgehead atoms. The van der Waals surface area contributed by atoms with Gasteiger partial charge in [0.2, 0.25) is 5.75 Å². The van der Waals surface area contributed by atoms with Crippen LogP contribution >= 0.6 is 0 Å². The maximum Gasteiger partial charge on any atom is 0.269 e. The van der Waals surface area contributed by atoms with Crippen LogP contribution in [-0.4, -0.2) is 62.8 Å². The van der Waals surface area contributed by atoms with E-state index >= 15 is 0 Å². The number of piperazine rings is 1. The van der Waals surface area contributed by atoms with Crippen molar-refractivity contribution >= 4 is 23.4 Å². The minimum Gasteiger partial charge on any atom is -0.493 e. The molecule has 2 aromatic carbocycles. The van der Waals surface area contributed by atoms with Crippen LogP contribution in [-0.2, 0) is 4.79 Å². The molecule has 1 amide bonds. The van der Waals surface area contributed by atoms with E-state index in [-0.39, 0.29) is 11.6 Å². The molecule has 0 aliphatic carbocycles. The van der Waals surface area contributed by atoms with Crippen LogP contribution in [0.15, 0.2) is 42.5 Å². The SMILES string of the molecule is CCCCCCCCCCOc1c(OC)cc(/C=C/C(=O)NN2CCN(c3ccc([N+](=O)[O-])cc3)CC2)cc1OC. The highest BCUT2D eigenvalue weighted by atomic mass is 16.6. The normalized spacial score (nSPS) is 13.8. The van der Waals surface area contributed by atoms with E-state index in [1.807, 2.05) is 17.1 Å². The number of anilines is 1. The van der Waals surface area contributed by atoms with Crippen molar-refractivity contribution in [3.05, 3.63) is 58.2 Å². The molecule has 1 saturated heterocycles. The number of ether oxygens (including phenoxy) is 3. The van der Waals surface area contributed by atoms with Crippen molar-refractivity contribution in [1.82, 2.24) is 10.4 Å². The first kappa shape index (κ1) is 31.7. The number of non-ortho nitro benzene ring substituents is 1. The zero-order valence-corrected chi connectivity index (χ0v) is 24.6. The number of nitro groups is 1. The Labute approximate surface area is 243 Å². The first-order chi connectivity index (χ1) is 19.9. The topological polar surface area (TPSA) is 106 Å². The standard InChI is InChI=1S/C31H44N4O6/c1-4-5-6-7-8-9-10-11-22-41-31-28(39-2)23-25(24-29(31)40-3)12-17-30(36)32-34-20-18-33(19-21-34)26-13-15-27(16-14-26)35(37)38/h12-17,23-24H,4-11,18-22H2,1-3H3,(H,32,36)/b17-12+. The van der Waals surface area contributed by atoms with Crippen molar-refractivity contribution in [3.8, 4) is 17.2 Å². The van der Waals surface area contributed by atoms with Crippen molar-refractivity contribution in [1.29, 1.82) is 0 Å². The molecule has 1 aliphatic rings. The predicted octanol–water partition coefficient (Wildman–Crippen LogP) is 6.00. The van der Waals surface area contributed by atoms with Crippen LogP contribution in [0.1, 0.15) is 63.9 Å². The van der Waals surface area contributed by atoms with Crippen LogP contribution in [0.3, 0.4) is 0 Å². The molecule has 0 unspecified atom stereocenters. The molecule has 41 heavy (non-hydrogen) atoms. The quantitative estimate of drug-likeness (QED) is 0.107. The van der Waals surface area contributed by atoms with E-state index in [9.17, 15) is 14.9 Å². The van der Waals surface area contributed by atoms with Gasteiger partial charge in [-0.25, -0.2) is 5.01 Å². The number of hydrogen-bond donors (Lipinski definition) is 1. The second kappa shape index (κ2) is 17.1. The summed E-state index contributed by atoms with van der Waals surface area (Å²) < 4.78 is 17.2. The number of hydrazine groups is 1. The van der Waals surface area contributed by atoms with Crippen molar-refractivity contribution < 1.29 is 23.9 Å². The van der Waals surface area contributed by atoms with E-state index in [1.165, 1.54) is 56.7 Å². The fourth-order valence-corrected chi connectivity index (χ4v) is 4.78. The van der Waals surface area contributed by atoms with Crippen LogP contribution in [0.5, 0.6) is 17.2 Å². The summed E-state index contributed by atoms with van der Waals surface area (Å²) in [4.78, 5) is 25.2. The average Bonchev–Trinajstić information content (AvgIpc) is 2.99. The summed E-state index contributed by atoms with van der Waals surface area (Å²) in [6, 6.07) is 10.2. The summed E-state index contributed by atoms with van der Waals surface area (Å²) in [5, 5.41) is 12.7. The van der Waals surface area contributed by atoms with Gasteiger partial charge in [-0.3, -0.25) is 20.3 Å². The molecule has 0 atom stereocenters. The monoisotopic (exact) mass is 568 g/mol. The maximum atomic E-state index is 12.6. The Morgan fingerprint density at radius 2 is 1.51 bits per heavy atom. The number of methoxy groups -OCH3 is 2. The predicted molar refractivity (Wildman–Crippen MR) is 162 cm³/mol. The Morgan fingerprint density at radius 1 is 0.927 bits per heavy atom. The van der Waals surface area contributed by atoms with Crippen molar-refractivity contribution in [2.45, 2.75) is 58.3 Å². The smallest absolute Gasteiger partial charge is 0.269 e. The third-order valence-electron chi connectivity index (χ3n) is 7.13. The molecular formula is C31H44N4O6. The lowest BCUT2D eigenvalue weighted by atomic mass is 10.1. The summed E-state index contributed by atoms with van der Waals surface area (Å²) in [7, 11) is 3.18. The first-order valence-electron chi connectivity index (χ1n) is 14.6. The highest BCUT2D eigenvalue weighted by molar-refractivity contribution is 5.91. The number of hydrogen-bond acceptors (Lipinski definition) is 8. The molecule has 3 rings (SSSR count). The van der Waals surface area contributed by atoms with E-state index in [1.54, 1.807) is 32.4 Å². The van der Waals surface area contributed by atoms with Gasteiger partial charge in [0.25, 0.3) is 11.6 Å². The van der Waals surface area contributed by atoms with Gasteiger partial charge in [-0.05, 0) is 42.3 Å². The third kappa shape index (κ3) is 10.3. The molecule has 1 aliphatic heterocycles. The molecule has 224 valence electrons. The van der Waals surface area contributed by atoms with Gasteiger partial charge in [0.1, 0.15) is 0 Å². The summed E-state index contributed by atoms with van der Waals surface area (Å²) in [6.45, 7) is 5.47. The number of nitrogens with one attached hydrogen (secondary N) is 1. The lowest BCUT2D eigenvalue weighted by molar-refractivity contribution is -0.384. The van der Waals surface area contributed by atoms with Crippen molar-refractivity contribution in [2.75, 3.05) is 51.9 Å². The Morgan fingerprint density at radius 3 is 2.07 bits per heavy atom. The average molecular weight is 569 g/mol. The molecule has 1 fully saturated rings. The van der Waals surface area contributed by atoms with Gasteiger partial charge in [0.15, 0.2) is 11.5 Å². The van der Waals surface area contributed by atoms with Crippen molar-refractivity contribution in [3.63, 3.8) is 0 Å². The Kier molecular flexibility index (Phi) is 13.2. The summed E-state index contributed by atoms with van der Waals surface area (Å²) in [5.74, 6) is 1.46. The van der Waals surface area contributed by atoms with E-state index in [2.05, 4.69) is 17.2 Å². The van der Waals surface area contributed by atoms with Gasteiger partial charge >= 0.3 is 0 Å². The van der Waals surface area contributed by atoms with E-state index in [4.69, 9.17) is 14.2 Å². The maximum absolute atomic E-state index is 12.6. The summed E-state index contributed by atoms with van der Waals surface area (Å²) >= 11 is 0. The fraction of sp³-hybridized carbons (Fsp3) is 0.516. The second-order valence-corrected chi connectivity index (χ2v) is 10.1. The fourth-order valence-electron chi connectivity index (χ4n) is 4.78. The second-order valence-electron chi connectivity index (χ2n) is 10.1. The Bertz CT molecular complexity index is 1100. The first-order valence-corrected chi connectivity index (χ1v) is 14.6. The minimum absolute atomic E-state index is 0.0719. The molecule has 0 radical (unpaired) electrons. The number of unbranched alkanes of at least 4 members (excludes halogenated alkanes) is 7. The van der Waals surface area contributed by atoms with Crippen LogP contribution < -0.4 is 24.5 Å². The number of benzene rings is 2. The largest absolute Gasteiger partial charge is 0.493 e. The zero-order valence-electron chi connectivity index (χ0n) is 24.6. The third-order valence-corrected chi connectivity index (χ3v) is 7.13. The molecule has 2 aromatic rings. The Balaban J connectivity index is 1.46. The Hall–Kier alpha value is -3.79. The summed E-state index contributed by atoms with van der Waals surface area (Å²) in [5.41, 5.74) is 4.67. The lowest BCUT2D eigenvalue weighted by Gasteiger charge is -2.35. The van der Waals surface area contributed by atoms with Crippen LogP contribution in [0.2, 0.25) is 0 Å². The van der Waals surface area contributed by atoms with Crippen LogP contribution in [0.25, 0.3) is 6.08 Å². The van der Waals surface area contributed by atoms with Gasteiger partial charge in [0, 0.05) is 50.1 Å². The molecule has 0 spiro atoms. The molecular weight excluding hydrogens is 524 g/mol. The van der Waals surface area contributed by atoms with E-state index in [0.29, 0.717) is 50.0 Å². The number of nitrogens with zero attached hydrogens (tertiary/aromatic N) is 3. The highest BCUT2D eigenvalue weighted by Crippen LogP contribution is 2.39. The molecule has 10 heteroatoms. The van der Waals surface area contributed by atoms with Gasteiger partial charge in [-0.2, -0.15) is 0 Å². The molecule has 0 aromatic heterocycles. The number of amides is 1. The van der Waals surface area contributed by atoms with Crippen molar-refractivity contribution in [2.24, 2.45) is 0 Å². The summed E-state index contributed by atoms with van der Waals surface area (Å²) in [6.07, 6.45) is 13.0. The van der Waals surface area contributed by atoms with E-state index < -0.39 is 4.92 Å². The van der Waals surface area contributed by atoms with E-state index in [0.717, 1.165) is 24.1 Å². The zero-order chi connectivity index (χ0) is 29.5. The van der Waals surface area contributed by atoms with Gasteiger partial charge < -0.3 is 19.1 Å². The molecule has 1 N–H and O–H groups in total. The molecule has 1 heterocycles. The number of nitro benzene ring substituents is 1. The lowest BCUT2D eigenvalue weighted by Crippen LogP contribution is -2.53.